The molecule has 1 aliphatic carbocycles. The molecule has 2 rings (SSSR count). The van der Waals surface area contributed by atoms with E-state index in [4.69, 9.17) is 16.3 Å². The van der Waals surface area contributed by atoms with Crippen LogP contribution in [0.1, 0.15) is 60.9 Å². The molecule has 142 valence electrons. The summed E-state index contributed by atoms with van der Waals surface area (Å²) in [6.45, 7) is 1.63. The molecule has 26 heavy (non-hydrogen) atoms. The maximum atomic E-state index is 13.1. The maximum absolute atomic E-state index is 13.1. The number of nitrogens with zero attached hydrogens (tertiary/aromatic N) is 1. The first-order valence-electron chi connectivity index (χ1n) is 8.71. The van der Waals surface area contributed by atoms with E-state index in [1.54, 1.807) is 19.1 Å². The molecule has 0 bridgehead atoms. The van der Waals surface area contributed by atoms with Crippen molar-refractivity contribution < 1.29 is 19.1 Å². The van der Waals surface area contributed by atoms with Gasteiger partial charge in [-0.05, 0) is 31.9 Å². The predicted octanol–water partition coefficient (Wildman–Crippen LogP) is 2.14. The summed E-state index contributed by atoms with van der Waals surface area (Å²) in [6.07, 6.45) is 5.08. The fraction of sp³-hybridized carbons (Fsp3) is 0.500. The number of nitrogens with one attached hydrogen (secondary N) is 1. The second kappa shape index (κ2) is 8.66. The number of rotatable bonds is 6. The van der Waals surface area contributed by atoms with E-state index < -0.39 is 17.9 Å². The van der Waals surface area contributed by atoms with Gasteiger partial charge < -0.3 is 15.9 Å². The van der Waals surface area contributed by atoms with Crippen LogP contribution in [0.25, 0.3) is 0 Å². The first-order chi connectivity index (χ1) is 12.5. The standard InChI is InChI=1S/C18H26N4O4/c1-11(16-13(10-23)14(21-20)8-9-15(16)26-2)17(24)22(18(19)25)12-6-4-3-5-7-12/h8-12,21H,3-7,20H2,1-2H3,(H2,19,25). The van der Waals surface area contributed by atoms with Crippen LogP contribution in [0.4, 0.5) is 10.5 Å². The zero-order chi connectivity index (χ0) is 19.3. The summed E-state index contributed by atoms with van der Waals surface area (Å²) in [4.78, 5) is 37.9. The topological polar surface area (TPSA) is 128 Å². The smallest absolute Gasteiger partial charge is 0.321 e. The van der Waals surface area contributed by atoms with Crippen molar-refractivity contribution >= 4 is 23.9 Å². The number of nitrogens with two attached hydrogens (primary N) is 2. The number of urea groups is 1. The summed E-state index contributed by atoms with van der Waals surface area (Å²) < 4.78 is 5.33. The van der Waals surface area contributed by atoms with E-state index in [-0.39, 0.29) is 11.6 Å². The Kier molecular flexibility index (Phi) is 6.57. The Morgan fingerprint density at radius 3 is 2.46 bits per heavy atom. The van der Waals surface area contributed by atoms with Crippen molar-refractivity contribution in [2.45, 2.75) is 51.0 Å². The lowest BCUT2D eigenvalue weighted by molar-refractivity contribution is -0.131. The molecule has 1 aromatic carbocycles. The third-order valence-electron chi connectivity index (χ3n) is 4.96. The highest BCUT2D eigenvalue weighted by Crippen LogP contribution is 2.35. The summed E-state index contributed by atoms with van der Waals surface area (Å²) in [6, 6.07) is 2.23. The quantitative estimate of drug-likeness (QED) is 0.404. The zero-order valence-electron chi connectivity index (χ0n) is 15.2. The van der Waals surface area contributed by atoms with Gasteiger partial charge in [0.2, 0.25) is 5.91 Å². The molecule has 1 unspecified atom stereocenters. The van der Waals surface area contributed by atoms with E-state index in [1.165, 1.54) is 7.11 Å². The molecule has 1 saturated carbocycles. The summed E-state index contributed by atoms with van der Waals surface area (Å²) in [5, 5.41) is 0. The minimum atomic E-state index is -0.798. The van der Waals surface area contributed by atoms with E-state index in [2.05, 4.69) is 5.43 Å². The molecule has 0 aliphatic heterocycles. The summed E-state index contributed by atoms with van der Waals surface area (Å²) in [5.41, 5.74) is 8.93. The van der Waals surface area contributed by atoms with Gasteiger partial charge in [0.05, 0.1) is 18.7 Å². The van der Waals surface area contributed by atoms with Gasteiger partial charge in [0.25, 0.3) is 0 Å². The molecular formula is C18H26N4O4. The second-order valence-corrected chi connectivity index (χ2v) is 6.46. The van der Waals surface area contributed by atoms with Gasteiger partial charge in [-0.2, -0.15) is 0 Å². The van der Waals surface area contributed by atoms with E-state index in [1.807, 2.05) is 0 Å². The fourth-order valence-corrected chi connectivity index (χ4v) is 3.63. The fourth-order valence-electron chi connectivity index (χ4n) is 3.63. The molecule has 0 aromatic heterocycles. The van der Waals surface area contributed by atoms with Crippen LogP contribution < -0.4 is 21.7 Å². The molecule has 0 spiro atoms. The molecule has 3 amide bonds. The molecule has 8 heteroatoms. The van der Waals surface area contributed by atoms with Gasteiger partial charge in [0.1, 0.15) is 5.75 Å². The Morgan fingerprint density at radius 2 is 1.96 bits per heavy atom. The van der Waals surface area contributed by atoms with E-state index in [0.29, 0.717) is 23.3 Å². The molecule has 0 heterocycles. The van der Waals surface area contributed by atoms with Crippen molar-refractivity contribution in [2.24, 2.45) is 11.6 Å². The Bertz CT molecular complexity index is 686. The van der Waals surface area contributed by atoms with Crippen LogP contribution in [-0.2, 0) is 4.79 Å². The Hall–Kier alpha value is -2.61. The number of hydrogen-bond donors (Lipinski definition) is 3. The van der Waals surface area contributed by atoms with E-state index in [9.17, 15) is 14.4 Å². The highest BCUT2D eigenvalue weighted by Gasteiger charge is 2.35. The summed E-state index contributed by atoms with van der Waals surface area (Å²) >= 11 is 0. The molecule has 5 N–H and O–H groups in total. The molecular weight excluding hydrogens is 336 g/mol. The van der Waals surface area contributed by atoms with Crippen LogP contribution in [0, 0.1) is 0 Å². The number of methoxy groups -OCH3 is 1. The molecule has 1 aliphatic rings. The van der Waals surface area contributed by atoms with Gasteiger partial charge in [-0.1, -0.05) is 19.3 Å². The highest BCUT2D eigenvalue weighted by molar-refractivity contribution is 6.00. The van der Waals surface area contributed by atoms with Crippen molar-refractivity contribution in [3.63, 3.8) is 0 Å². The molecule has 0 radical (unpaired) electrons. The predicted molar refractivity (Wildman–Crippen MR) is 97.9 cm³/mol. The largest absolute Gasteiger partial charge is 0.496 e. The molecule has 0 saturated heterocycles. The summed E-state index contributed by atoms with van der Waals surface area (Å²) in [7, 11) is 1.45. The van der Waals surface area contributed by atoms with Gasteiger partial charge in [-0.15, -0.1) is 0 Å². The minimum absolute atomic E-state index is 0.210. The van der Waals surface area contributed by atoms with Gasteiger partial charge in [0, 0.05) is 17.2 Å². The number of amides is 3. The van der Waals surface area contributed by atoms with Gasteiger partial charge >= 0.3 is 6.03 Å². The number of hydrogen-bond acceptors (Lipinski definition) is 6. The van der Waals surface area contributed by atoms with Crippen LogP contribution in [0.5, 0.6) is 5.75 Å². The van der Waals surface area contributed by atoms with E-state index >= 15 is 0 Å². The lowest BCUT2D eigenvalue weighted by Gasteiger charge is -2.33. The Morgan fingerprint density at radius 1 is 1.31 bits per heavy atom. The number of benzene rings is 1. The first kappa shape index (κ1) is 19.7. The van der Waals surface area contributed by atoms with Gasteiger partial charge in [0.15, 0.2) is 6.29 Å². The van der Waals surface area contributed by atoms with Crippen molar-refractivity contribution in [3.8, 4) is 5.75 Å². The van der Waals surface area contributed by atoms with Gasteiger partial charge in [-0.3, -0.25) is 20.3 Å². The Balaban J connectivity index is 2.45. The van der Waals surface area contributed by atoms with Crippen molar-refractivity contribution in [2.75, 3.05) is 12.5 Å². The number of nitrogen functional groups attached to an aromatic ring is 1. The normalized spacial score (nSPS) is 15.8. The number of carbonyl (C=O) groups is 3. The summed E-state index contributed by atoms with van der Waals surface area (Å²) in [5.74, 6) is 4.60. The van der Waals surface area contributed by atoms with Crippen LogP contribution in [0.3, 0.4) is 0 Å². The number of primary amides is 1. The third-order valence-corrected chi connectivity index (χ3v) is 4.96. The average Bonchev–Trinajstić information content (AvgIpc) is 2.66. The second-order valence-electron chi connectivity index (χ2n) is 6.46. The van der Waals surface area contributed by atoms with Crippen molar-refractivity contribution in [3.05, 3.63) is 23.3 Å². The van der Waals surface area contributed by atoms with Crippen molar-refractivity contribution in [1.29, 1.82) is 0 Å². The number of imide groups is 1. The minimum Gasteiger partial charge on any atom is -0.496 e. The Labute approximate surface area is 152 Å². The maximum Gasteiger partial charge on any atom is 0.321 e. The monoisotopic (exact) mass is 362 g/mol. The number of anilines is 1. The molecule has 8 nitrogen and oxygen atoms in total. The third kappa shape index (κ3) is 3.80. The molecule has 1 atom stereocenters. The van der Waals surface area contributed by atoms with E-state index in [0.717, 1.165) is 37.0 Å². The SMILES string of the molecule is COc1ccc(NN)c(C=O)c1C(C)C(=O)N(C(N)=O)C1CCCCC1. The number of ether oxygens (including phenoxy) is 1. The highest BCUT2D eigenvalue weighted by atomic mass is 16.5. The van der Waals surface area contributed by atoms with Crippen LogP contribution in [0.2, 0.25) is 0 Å². The van der Waals surface area contributed by atoms with Crippen LogP contribution >= 0.6 is 0 Å². The number of aldehydes is 1. The van der Waals surface area contributed by atoms with Crippen LogP contribution in [-0.4, -0.2) is 36.3 Å². The van der Waals surface area contributed by atoms with Crippen LogP contribution in [0.15, 0.2) is 12.1 Å². The number of hydrazine groups is 1. The average molecular weight is 362 g/mol. The number of carbonyl (C=O) groups excluding carboxylic acids is 3. The lowest BCUT2D eigenvalue weighted by Crippen LogP contribution is -2.49. The zero-order valence-corrected chi connectivity index (χ0v) is 15.2. The first-order valence-corrected chi connectivity index (χ1v) is 8.71. The van der Waals surface area contributed by atoms with Gasteiger partial charge in [-0.25, -0.2) is 4.79 Å². The molecule has 1 aromatic rings. The van der Waals surface area contributed by atoms with Crippen molar-refractivity contribution in [1.82, 2.24) is 4.90 Å². The molecule has 1 fully saturated rings. The lowest BCUT2D eigenvalue weighted by atomic mass is 9.90.